The molecule has 0 amide bonds. The van der Waals surface area contributed by atoms with Crippen LogP contribution in [-0.2, 0) is 23.0 Å². The molecular weight excluding hydrogens is 374 g/mol. The summed E-state index contributed by atoms with van der Waals surface area (Å²) in [6.07, 6.45) is 0.156. The third-order valence-electron chi connectivity index (χ3n) is 6.05. The molecule has 0 atom stereocenters. The summed E-state index contributed by atoms with van der Waals surface area (Å²) in [7, 11) is 3.21. The Balaban J connectivity index is 2.24. The number of aromatic nitrogens is 1. The lowest BCUT2D eigenvalue weighted by molar-refractivity contribution is -0.139. The molecule has 0 saturated heterocycles. The van der Waals surface area contributed by atoms with E-state index in [9.17, 15) is 9.59 Å². The van der Waals surface area contributed by atoms with Crippen LogP contribution in [0.25, 0.3) is 32.8 Å². The molecule has 152 valence electrons. The Kier molecular flexibility index (Phi) is 4.94. The van der Waals surface area contributed by atoms with Crippen molar-refractivity contribution in [2.75, 3.05) is 7.11 Å². The second-order valence-electron chi connectivity index (χ2n) is 7.86. The number of pyridine rings is 1. The molecule has 0 N–H and O–H groups in total. The zero-order valence-corrected chi connectivity index (χ0v) is 18.0. The summed E-state index contributed by atoms with van der Waals surface area (Å²) >= 11 is 0. The van der Waals surface area contributed by atoms with Crippen LogP contribution in [0.1, 0.15) is 22.3 Å². The van der Waals surface area contributed by atoms with E-state index in [0.717, 1.165) is 44.1 Å². The van der Waals surface area contributed by atoms with E-state index in [-0.39, 0.29) is 17.9 Å². The molecule has 0 bridgehead atoms. The van der Waals surface area contributed by atoms with E-state index in [4.69, 9.17) is 4.74 Å². The van der Waals surface area contributed by atoms with E-state index < -0.39 is 0 Å². The van der Waals surface area contributed by atoms with Gasteiger partial charge < -0.3 is 9.30 Å². The maximum absolute atomic E-state index is 13.1. The Morgan fingerprint density at radius 2 is 1.57 bits per heavy atom. The first-order valence-electron chi connectivity index (χ1n) is 10.0. The molecule has 4 heteroatoms. The largest absolute Gasteiger partial charge is 0.469 e. The third kappa shape index (κ3) is 3.00. The van der Waals surface area contributed by atoms with Gasteiger partial charge >= 0.3 is 5.97 Å². The normalized spacial score (nSPS) is 11.2. The quantitative estimate of drug-likeness (QED) is 0.360. The minimum Gasteiger partial charge on any atom is -0.469 e. The van der Waals surface area contributed by atoms with Gasteiger partial charge in [0.15, 0.2) is 0 Å². The summed E-state index contributed by atoms with van der Waals surface area (Å²) in [5, 5.41) is 2.69. The van der Waals surface area contributed by atoms with Gasteiger partial charge in [0.05, 0.1) is 19.0 Å². The minimum atomic E-state index is -0.295. The fraction of sp³-hybridized carbons (Fsp3) is 0.231. The summed E-state index contributed by atoms with van der Waals surface area (Å²) in [6, 6.07) is 16.1. The number of carbonyl (C=O) groups excluding carboxylic acids is 1. The van der Waals surface area contributed by atoms with Crippen LogP contribution in [0.5, 0.6) is 0 Å². The van der Waals surface area contributed by atoms with Crippen molar-refractivity contribution < 1.29 is 9.53 Å². The SMILES string of the molecule is COC(=O)Cc1c(-c2ccc(C)cc2)c(C)c2c3ccccc3c(=O)n(C)c2c1C. The first kappa shape index (κ1) is 19.9. The monoisotopic (exact) mass is 399 g/mol. The summed E-state index contributed by atoms with van der Waals surface area (Å²) in [4.78, 5) is 25.4. The molecule has 0 saturated carbocycles. The second-order valence-corrected chi connectivity index (χ2v) is 7.86. The Morgan fingerprint density at radius 1 is 0.933 bits per heavy atom. The van der Waals surface area contributed by atoms with Gasteiger partial charge in [-0.3, -0.25) is 9.59 Å². The Morgan fingerprint density at radius 3 is 2.20 bits per heavy atom. The second kappa shape index (κ2) is 7.45. The van der Waals surface area contributed by atoms with Gasteiger partial charge in [0, 0.05) is 17.8 Å². The molecule has 0 fully saturated rings. The number of rotatable bonds is 3. The zero-order chi connectivity index (χ0) is 21.6. The maximum Gasteiger partial charge on any atom is 0.310 e. The number of methoxy groups -OCH3 is 1. The summed E-state index contributed by atoms with van der Waals surface area (Å²) in [6.45, 7) is 6.13. The number of hydrogen-bond acceptors (Lipinski definition) is 3. The predicted molar refractivity (Wildman–Crippen MR) is 122 cm³/mol. The van der Waals surface area contributed by atoms with Crippen molar-refractivity contribution in [2.45, 2.75) is 27.2 Å². The van der Waals surface area contributed by atoms with Crippen LogP contribution in [0.15, 0.2) is 53.3 Å². The Hall–Kier alpha value is -3.40. The van der Waals surface area contributed by atoms with Crippen LogP contribution in [0, 0.1) is 20.8 Å². The molecule has 0 spiro atoms. The standard InChI is InChI=1S/C26H25NO3/c1-15-10-12-18(13-11-15)23-17(3)24-19-8-6-7-9-20(19)26(29)27(4)25(24)16(2)21(23)14-22(28)30-5/h6-13H,14H2,1-5H3. The average Bonchev–Trinajstić information content (AvgIpc) is 2.75. The minimum absolute atomic E-state index is 0.0345. The van der Waals surface area contributed by atoms with Gasteiger partial charge in [0.1, 0.15) is 0 Å². The average molecular weight is 399 g/mol. The molecule has 30 heavy (non-hydrogen) atoms. The lowest BCUT2D eigenvalue weighted by atomic mass is 9.85. The highest BCUT2D eigenvalue weighted by atomic mass is 16.5. The molecule has 0 radical (unpaired) electrons. The molecule has 4 nitrogen and oxygen atoms in total. The number of esters is 1. The molecule has 0 aliphatic carbocycles. The highest BCUT2D eigenvalue weighted by Crippen LogP contribution is 2.39. The summed E-state index contributed by atoms with van der Waals surface area (Å²) in [5.41, 5.74) is 7.00. The van der Waals surface area contributed by atoms with E-state index in [0.29, 0.717) is 5.39 Å². The third-order valence-corrected chi connectivity index (χ3v) is 6.05. The molecule has 1 heterocycles. The lowest BCUT2D eigenvalue weighted by Crippen LogP contribution is -2.20. The van der Waals surface area contributed by atoms with Crippen molar-refractivity contribution in [3.05, 3.63) is 81.1 Å². The van der Waals surface area contributed by atoms with E-state index >= 15 is 0 Å². The smallest absolute Gasteiger partial charge is 0.310 e. The maximum atomic E-state index is 13.1. The van der Waals surface area contributed by atoms with Crippen LogP contribution in [-0.4, -0.2) is 17.6 Å². The van der Waals surface area contributed by atoms with Crippen molar-refractivity contribution >= 4 is 27.6 Å². The molecule has 0 aliphatic rings. The number of fused-ring (bicyclic) bond motifs is 3. The van der Waals surface area contributed by atoms with Crippen molar-refractivity contribution in [1.82, 2.24) is 4.57 Å². The molecule has 0 unspecified atom stereocenters. The molecule has 4 rings (SSSR count). The molecular formula is C26H25NO3. The number of carbonyl (C=O) groups is 1. The molecule has 4 aromatic rings. The number of benzene rings is 3. The summed E-state index contributed by atoms with van der Waals surface area (Å²) in [5.74, 6) is -0.295. The van der Waals surface area contributed by atoms with Gasteiger partial charge in [-0.15, -0.1) is 0 Å². The van der Waals surface area contributed by atoms with Gasteiger partial charge in [-0.25, -0.2) is 0 Å². The lowest BCUT2D eigenvalue weighted by Gasteiger charge is -2.22. The fourth-order valence-corrected chi connectivity index (χ4v) is 4.51. The van der Waals surface area contributed by atoms with Crippen molar-refractivity contribution in [2.24, 2.45) is 7.05 Å². The van der Waals surface area contributed by atoms with Crippen LogP contribution < -0.4 is 5.56 Å². The van der Waals surface area contributed by atoms with Crippen molar-refractivity contribution in [3.8, 4) is 11.1 Å². The van der Waals surface area contributed by atoms with Gasteiger partial charge in [-0.1, -0.05) is 48.0 Å². The first-order chi connectivity index (χ1) is 14.3. The predicted octanol–water partition coefficient (Wildman–Crippen LogP) is 5.00. The van der Waals surface area contributed by atoms with Crippen LogP contribution >= 0.6 is 0 Å². The van der Waals surface area contributed by atoms with Crippen LogP contribution in [0.2, 0.25) is 0 Å². The van der Waals surface area contributed by atoms with Gasteiger partial charge in [0.25, 0.3) is 5.56 Å². The molecule has 3 aromatic carbocycles. The van der Waals surface area contributed by atoms with E-state index in [1.807, 2.05) is 31.2 Å². The van der Waals surface area contributed by atoms with Gasteiger partial charge in [-0.05, 0) is 60.0 Å². The highest BCUT2D eigenvalue weighted by Gasteiger charge is 2.22. The van der Waals surface area contributed by atoms with E-state index in [2.05, 4.69) is 38.1 Å². The summed E-state index contributed by atoms with van der Waals surface area (Å²) < 4.78 is 6.70. The van der Waals surface area contributed by atoms with E-state index in [1.54, 1.807) is 11.6 Å². The number of hydrogen-bond donors (Lipinski definition) is 0. The highest BCUT2D eigenvalue weighted by molar-refractivity contribution is 6.11. The topological polar surface area (TPSA) is 48.3 Å². The Labute approximate surface area is 175 Å². The fourth-order valence-electron chi connectivity index (χ4n) is 4.51. The number of ether oxygens (including phenoxy) is 1. The first-order valence-corrected chi connectivity index (χ1v) is 10.0. The van der Waals surface area contributed by atoms with Crippen LogP contribution in [0.3, 0.4) is 0 Å². The van der Waals surface area contributed by atoms with Gasteiger partial charge in [0.2, 0.25) is 0 Å². The number of nitrogens with zero attached hydrogens (tertiary/aromatic N) is 1. The van der Waals surface area contributed by atoms with Gasteiger partial charge in [-0.2, -0.15) is 0 Å². The Bertz CT molecular complexity index is 1360. The van der Waals surface area contributed by atoms with Crippen LogP contribution in [0.4, 0.5) is 0 Å². The number of aryl methyl sites for hydroxylation is 4. The van der Waals surface area contributed by atoms with E-state index in [1.165, 1.54) is 12.7 Å². The zero-order valence-electron chi connectivity index (χ0n) is 18.0. The van der Waals surface area contributed by atoms with Crippen molar-refractivity contribution in [1.29, 1.82) is 0 Å². The molecule has 0 aliphatic heterocycles. The molecule has 1 aromatic heterocycles. The van der Waals surface area contributed by atoms with Crippen molar-refractivity contribution in [3.63, 3.8) is 0 Å².